The topological polar surface area (TPSA) is 76.8 Å². The third kappa shape index (κ3) is 1.60. The van der Waals surface area contributed by atoms with Crippen molar-refractivity contribution in [1.82, 2.24) is 15.2 Å². The summed E-state index contributed by atoms with van der Waals surface area (Å²) in [4.78, 5) is 4.15. The van der Waals surface area contributed by atoms with Gasteiger partial charge in [0.25, 0.3) is 0 Å². The first-order chi connectivity index (χ1) is 7.77. The summed E-state index contributed by atoms with van der Waals surface area (Å²) in [5, 5.41) is 6.93. The number of nitrogen functional groups attached to an aromatic ring is 1. The molecule has 2 aromatic heterocycles. The highest BCUT2D eigenvalue weighted by atomic mass is 16.5. The third-order valence-electron chi connectivity index (χ3n) is 2.49. The van der Waals surface area contributed by atoms with E-state index in [4.69, 9.17) is 10.5 Å². The molecule has 16 heavy (non-hydrogen) atoms. The minimum absolute atomic E-state index is 0.531. The van der Waals surface area contributed by atoms with Crippen molar-refractivity contribution in [3.05, 3.63) is 23.9 Å². The molecule has 0 aliphatic rings. The molecule has 0 aromatic carbocycles. The molecule has 0 aliphatic heterocycles. The molecule has 0 spiro atoms. The van der Waals surface area contributed by atoms with E-state index in [9.17, 15) is 0 Å². The number of pyridine rings is 1. The Kier molecular flexibility index (Phi) is 2.76. The van der Waals surface area contributed by atoms with E-state index < -0.39 is 0 Å². The van der Waals surface area contributed by atoms with Crippen LogP contribution in [0.4, 0.5) is 5.82 Å². The molecule has 2 heterocycles. The Morgan fingerprint density at radius 2 is 2.31 bits per heavy atom. The first-order valence-electron chi connectivity index (χ1n) is 5.10. The number of methoxy groups -OCH3 is 1. The standard InChI is InChI=1S/C11H14N4O/c1-3-7-9(14-15-10(7)12)8-5-4-6-13-11(8)16-2/h4-6H,3H2,1-2H3,(H3,12,14,15). The van der Waals surface area contributed by atoms with E-state index >= 15 is 0 Å². The minimum atomic E-state index is 0.531. The molecule has 0 saturated heterocycles. The van der Waals surface area contributed by atoms with Crippen molar-refractivity contribution in [2.75, 3.05) is 12.8 Å². The van der Waals surface area contributed by atoms with E-state index in [-0.39, 0.29) is 0 Å². The Bertz CT molecular complexity index is 492. The number of nitrogens with zero attached hydrogens (tertiary/aromatic N) is 2. The van der Waals surface area contributed by atoms with E-state index in [2.05, 4.69) is 15.2 Å². The summed E-state index contributed by atoms with van der Waals surface area (Å²) in [6.07, 6.45) is 2.50. The fraction of sp³-hybridized carbons (Fsp3) is 0.273. The van der Waals surface area contributed by atoms with Gasteiger partial charge in [-0.2, -0.15) is 5.10 Å². The molecule has 5 nitrogen and oxygen atoms in total. The molecule has 0 atom stereocenters. The summed E-state index contributed by atoms with van der Waals surface area (Å²) < 4.78 is 5.21. The van der Waals surface area contributed by atoms with Crippen LogP contribution in [0, 0.1) is 0 Å². The summed E-state index contributed by atoms with van der Waals surface area (Å²) in [5.74, 6) is 1.10. The van der Waals surface area contributed by atoms with Gasteiger partial charge in [0, 0.05) is 11.8 Å². The van der Waals surface area contributed by atoms with Crippen LogP contribution in [-0.2, 0) is 6.42 Å². The maximum absolute atomic E-state index is 5.78. The van der Waals surface area contributed by atoms with Crippen LogP contribution in [0.25, 0.3) is 11.3 Å². The maximum Gasteiger partial charge on any atom is 0.222 e. The average Bonchev–Trinajstić information content (AvgIpc) is 2.70. The van der Waals surface area contributed by atoms with Gasteiger partial charge < -0.3 is 10.5 Å². The number of nitrogens with one attached hydrogen (secondary N) is 1. The Labute approximate surface area is 93.7 Å². The van der Waals surface area contributed by atoms with Crippen molar-refractivity contribution in [2.45, 2.75) is 13.3 Å². The lowest BCUT2D eigenvalue weighted by Crippen LogP contribution is -1.94. The smallest absolute Gasteiger partial charge is 0.222 e. The highest BCUT2D eigenvalue weighted by Gasteiger charge is 2.14. The number of aromatic amines is 1. The van der Waals surface area contributed by atoms with Gasteiger partial charge in [-0.1, -0.05) is 6.92 Å². The van der Waals surface area contributed by atoms with Crippen LogP contribution in [0.3, 0.4) is 0 Å². The third-order valence-corrected chi connectivity index (χ3v) is 2.49. The highest BCUT2D eigenvalue weighted by Crippen LogP contribution is 2.31. The number of ether oxygens (including phenoxy) is 1. The van der Waals surface area contributed by atoms with Gasteiger partial charge in [0.05, 0.1) is 18.4 Å². The van der Waals surface area contributed by atoms with Gasteiger partial charge in [-0.3, -0.25) is 5.10 Å². The Balaban J connectivity index is 2.58. The second-order valence-electron chi connectivity index (χ2n) is 3.38. The van der Waals surface area contributed by atoms with E-state index in [1.807, 2.05) is 19.1 Å². The first-order valence-corrected chi connectivity index (χ1v) is 5.10. The van der Waals surface area contributed by atoms with Gasteiger partial charge in [0.2, 0.25) is 5.88 Å². The number of H-pyrrole nitrogens is 1. The molecule has 5 heteroatoms. The molecule has 0 bridgehead atoms. The van der Waals surface area contributed by atoms with Gasteiger partial charge in [0.1, 0.15) is 5.82 Å². The second kappa shape index (κ2) is 4.22. The molecular weight excluding hydrogens is 204 g/mol. The van der Waals surface area contributed by atoms with Crippen molar-refractivity contribution in [1.29, 1.82) is 0 Å². The SMILES string of the molecule is CCc1c(N)n[nH]c1-c1cccnc1OC. The maximum atomic E-state index is 5.78. The lowest BCUT2D eigenvalue weighted by Gasteiger charge is -2.06. The second-order valence-corrected chi connectivity index (χ2v) is 3.38. The quantitative estimate of drug-likeness (QED) is 0.820. The van der Waals surface area contributed by atoms with E-state index in [0.29, 0.717) is 11.7 Å². The molecule has 0 amide bonds. The Morgan fingerprint density at radius 3 is 3.00 bits per heavy atom. The van der Waals surface area contributed by atoms with Crippen molar-refractivity contribution < 1.29 is 4.74 Å². The molecule has 84 valence electrons. The number of nitrogens with two attached hydrogens (primary N) is 1. The number of anilines is 1. The molecule has 0 unspecified atom stereocenters. The number of aromatic nitrogens is 3. The molecule has 0 aliphatic carbocycles. The van der Waals surface area contributed by atoms with Crippen molar-refractivity contribution in [2.24, 2.45) is 0 Å². The largest absolute Gasteiger partial charge is 0.481 e. The molecule has 0 saturated carbocycles. The molecule has 2 rings (SSSR count). The molecule has 2 aromatic rings. The Hall–Kier alpha value is -2.04. The van der Waals surface area contributed by atoms with Crippen LogP contribution in [0.1, 0.15) is 12.5 Å². The van der Waals surface area contributed by atoms with Crippen molar-refractivity contribution >= 4 is 5.82 Å². The van der Waals surface area contributed by atoms with Gasteiger partial charge in [-0.05, 0) is 18.6 Å². The van der Waals surface area contributed by atoms with Crippen LogP contribution in [0.15, 0.2) is 18.3 Å². The summed E-state index contributed by atoms with van der Waals surface area (Å²) in [6, 6.07) is 3.78. The van der Waals surface area contributed by atoms with E-state index in [1.54, 1.807) is 13.3 Å². The van der Waals surface area contributed by atoms with Crippen molar-refractivity contribution in [3.8, 4) is 17.1 Å². The summed E-state index contributed by atoms with van der Waals surface area (Å²) in [6.45, 7) is 2.04. The summed E-state index contributed by atoms with van der Waals surface area (Å²) in [5.41, 5.74) is 8.53. The van der Waals surface area contributed by atoms with Crippen LogP contribution >= 0.6 is 0 Å². The number of hydrogen-bond acceptors (Lipinski definition) is 4. The number of rotatable bonds is 3. The minimum Gasteiger partial charge on any atom is -0.481 e. The van der Waals surface area contributed by atoms with Gasteiger partial charge in [-0.15, -0.1) is 0 Å². The first kappa shape index (κ1) is 10.5. The van der Waals surface area contributed by atoms with Crippen molar-refractivity contribution in [3.63, 3.8) is 0 Å². The van der Waals surface area contributed by atoms with Gasteiger partial charge >= 0.3 is 0 Å². The highest BCUT2D eigenvalue weighted by molar-refractivity contribution is 5.71. The van der Waals surface area contributed by atoms with Crippen LogP contribution < -0.4 is 10.5 Å². The fourth-order valence-corrected chi connectivity index (χ4v) is 1.70. The zero-order valence-electron chi connectivity index (χ0n) is 9.32. The predicted molar refractivity (Wildman–Crippen MR) is 62.2 cm³/mol. The van der Waals surface area contributed by atoms with E-state index in [0.717, 1.165) is 23.2 Å². The average molecular weight is 218 g/mol. The van der Waals surface area contributed by atoms with Crippen LogP contribution in [0.5, 0.6) is 5.88 Å². The lowest BCUT2D eigenvalue weighted by atomic mass is 10.1. The van der Waals surface area contributed by atoms with Gasteiger partial charge in [-0.25, -0.2) is 4.98 Å². The van der Waals surface area contributed by atoms with Crippen LogP contribution in [0.2, 0.25) is 0 Å². The van der Waals surface area contributed by atoms with Gasteiger partial charge in [0.15, 0.2) is 0 Å². The zero-order chi connectivity index (χ0) is 11.5. The molecule has 3 N–H and O–H groups in total. The molecule has 0 fully saturated rings. The summed E-state index contributed by atoms with van der Waals surface area (Å²) >= 11 is 0. The monoisotopic (exact) mass is 218 g/mol. The summed E-state index contributed by atoms with van der Waals surface area (Å²) in [7, 11) is 1.59. The fourth-order valence-electron chi connectivity index (χ4n) is 1.70. The zero-order valence-corrected chi connectivity index (χ0v) is 9.32. The van der Waals surface area contributed by atoms with E-state index in [1.165, 1.54) is 0 Å². The van der Waals surface area contributed by atoms with Crippen LogP contribution in [-0.4, -0.2) is 22.3 Å². The Morgan fingerprint density at radius 1 is 1.50 bits per heavy atom. The molecular formula is C11H14N4O. The predicted octanol–water partition coefficient (Wildman–Crippen LogP) is 1.62. The molecule has 0 radical (unpaired) electrons. The number of hydrogen-bond donors (Lipinski definition) is 2. The normalized spacial score (nSPS) is 10.4. The lowest BCUT2D eigenvalue weighted by molar-refractivity contribution is 0.399.